The minimum absolute atomic E-state index is 0.0536. The van der Waals surface area contributed by atoms with Crippen molar-refractivity contribution in [2.75, 3.05) is 6.54 Å². The number of aliphatic hydroxyl groups excluding tert-OH is 1. The molecule has 29 heavy (non-hydrogen) atoms. The molecule has 1 fully saturated rings. The number of nitrogens with zero attached hydrogens (tertiary/aromatic N) is 1. The van der Waals surface area contributed by atoms with Crippen molar-refractivity contribution >= 4 is 11.6 Å². The standard InChI is InChI=1S/C23H29NO5/c1-4-15(2)13-16(3)7-5-6-8-20(26)21-22(27)19(14-24(29)23(21)28)17-9-11-18(25)12-10-17/h5-13,15,19,21,23,25,28-29H,4,14H2,1-3H3/b7-5+,8-6+,16-13+/t15-,19-,21-,23+/m1/s1. The first-order valence-corrected chi connectivity index (χ1v) is 9.77. The molecule has 1 aliphatic rings. The van der Waals surface area contributed by atoms with E-state index in [4.69, 9.17) is 0 Å². The lowest BCUT2D eigenvalue weighted by molar-refractivity contribution is -0.227. The number of hydrogen-bond acceptors (Lipinski definition) is 6. The first-order valence-electron chi connectivity index (χ1n) is 9.77. The summed E-state index contributed by atoms with van der Waals surface area (Å²) in [6.45, 7) is 6.08. The van der Waals surface area contributed by atoms with Gasteiger partial charge in [0.05, 0.1) is 5.92 Å². The van der Waals surface area contributed by atoms with Crippen LogP contribution in [0.1, 0.15) is 38.7 Å². The Morgan fingerprint density at radius 2 is 1.86 bits per heavy atom. The summed E-state index contributed by atoms with van der Waals surface area (Å²) in [4.78, 5) is 25.4. The third kappa shape index (κ3) is 5.97. The van der Waals surface area contributed by atoms with Crippen molar-refractivity contribution in [3.63, 3.8) is 0 Å². The maximum Gasteiger partial charge on any atom is 0.170 e. The lowest BCUT2D eigenvalue weighted by atomic mass is 9.80. The molecule has 4 atom stereocenters. The van der Waals surface area contributed by atoms with Crippen LogP contribution in [0.4, 0.5) is 0 Å². The van der Waals surface area contributed by atoms with Gasteiger partial charge in [-0.05, 0) is 36.6 Å². The smallest absolute Gasteiger partial charge is 0.170 e. The van der Waals surface area contributed by atoms with Crippen LogP contribution in [0.2, 0.25) is 0 Å². The van der Waals surface area contributed by atoms with E-state index in [2.05, 4.69) is 19.9 Å². The van der Waals surface area contributed by atoms with E-state index >= 15 is 0 Å². The summed E-state index contributed by atoms with van der Waals surface area (Å²) in [7, 11) is 0. The van der Waals surface area contributed by atoms with E-state index in [1.807, 2.05) is 13.0 Å². The number of phenolic OH excluding ortho intramolecular Hbond substituents is 1. The molecule has 1 aromatic carbocycles. The van der Waals surface area contributed by atoms with E-state index < -0.39 is 29.6 Å². The molecular formula is C23H29NO5. The number of hydroxylamine groups is 2. The fraction of sp³-hybridized carbons (Fsp3) is 0.391. The molecule has 1 heterocycles. The van der Waals surface area contributed by atoms with Crippen molar-refractivity contribution in [2.24, 2.45) is 11.8 Å². The van der Waals surface area contributed by atoms with Crippen LogP contribution in [-0.2, 0) is 9.59 Å². The third-order valence-electron chi connectivity index (χ3n) is 5.15. The maximum absolute atomic E-state index is 12.9. The number of allylic oxidation sites excluding steroid dienone is 6. The Bertz CT molecular complexity index is 809. The van der Waals surface area contributed by atoms with Gasteiger partial charge in [-0.3, -0.25) is 9.59 Å². The number of ketones is 2. The zero-order valence-electron chi connectivity index (χ0n) is 17.0. The Labute approximate surface area is 171 Å². The first kappa shape index (κ1) is 22.7. The highest BCUT2D eigenvalue weighted by Crippen LogP contribution is 2.31. The van der Waals surface area contributed by atoms with Gasteiger partial charge >= 0.3 is 0 Å². The molecule has 0 saturated carbocycles. The number of aliphatic hydroxyl groups is 1. The van der Waals surface area contributed by atoms with Gasteiger partial charge in [0.2, 0.25) is 0 Å². The monoisotopic (exact) mass is 399 g/mol. The summed E-state index contributed by atoms with van der Waals surface area (Å²) in [6.07, 6.45) is 7.93. The molecule has 0 unspecified atom stereocenters. The Morgan fingerprint density at radius 3 is 2.48 bits per heavy atom. The maximum atomic E-state index is 12.9. The van der Waals surface area contributed by atoms with Gasteiger partial charge in [0.1, 0.15) is 17.9 Å². The van der Waals surface area contributed by atoms with Gasteiger partial charge in [-0.25, -0.2) is 0 Å². The van der Waals surface area contributed by atoms with E-state index in [1.54, 1.807) is 18.2 Å². The van der Waals surface area contributed by atoms with Gasteiger partial charge < -0.3 is 15.4 Å². The summed E-state index contributed by atoms with van der Waals surface area (Å²) < 4.78 is 0. The molecule has 2 rings (SSSR count). The number of piperidine rings is 1. The normalized spacial score (nSPS) is 25.1. The summed E-state index contributed by atoms with van der Waals surface area (Å²) in [5, 5.41) is 30.3. The molecule has 0 amide bonds. The Hall–Kier alpha value is -2.54. The summed E-state index contributed by atoms with van der Waals surface area (Å²) in [6, 6.07) is 6.00. The van der Waals surface area contributed by atoms with Crippen LogP contribution < -0.4 is 0 Å². The van der Waals surface area contributed by atoms with Gasteiger partial charge in [0, 0.05) is 6.54 Å². The Kier molecular flexibility index (Phi) is 8.08. The Balaban J connectivity index is 2.13. The fourth-order valence-corrected chi connectivity index (χ4v) is 3.27. The lowest BCUT2D eigenvalue weighted by Gasteiger charge is -2.36. The Morgan fingerprint density at radius 1 is 1.24 bits per heavy atom. The minimum atomic E-state index is -1.59. The van der Waals surface area contributed by atoms with Crippen molar-refractivity contribution in [1.82, 2.24) is 5.06 Å². The number of hydrogen-bond donors (Lipinski definition) is 3. The molecule has 0 radical (unpaired) electrons. The first-order chi connectivity index (χ1) is 13.7. The van der Waals surface area contributed by atoms with Crippen LogP contribution in [0, 0.1) is 11.8 Å². The average Bonchev–Trinajstić information content (AvgIpc) is 2.69. The number of aromatic hydroxyl groups is 1. The van der Waals surface area contributed by atoms with Crippen molar-refractivity contribution in [3.8, 4) is 5.75 Å². The van der Waals surface area contributed by atoms with Gasteiger partial charge in [-0.15, -0.1) is 0 Å². The fourth-order valence-electron chi connectivity index (χ4n) is 3.27. The van der Waals surface area contributed by atoms with Gasteiger partial charge in [-0.2, -0.15) is 5.06 Å². The second-order valence-electron chi connectivity index (χ2n) is 7.48. The highest BCUT2D eigenvalue weighted by atomic mass is 16.5. The lowest BCUT2D eigenvalue weighted by Crippen LogP contribution is -2.54. The summed E-state index contributed by atoms with van der Waals surface area (Å²) in [5.41, 5.74) is 1.63. The third-order valence-corrected chi connectivity index (χ3v) is 5.15. The highest BCUT2D eigenvalue weighted by molar-refractivity contribution is 6.10. The average molecular weight is 399 g/mol. The molecular weight excluding hydrogens is 370 g/mol. The number of phenols is 1. The molecule has 1 aliphatic heterocycles. The van der Waals surface area contributed by atoms with E-state index in [9.17, 15) is 25.0 Å². The van der Waals surface area contributed by atoms with E-state index in [1.165, 1.54) is 24.3 Å². The van der Waals surface area contributed by atoms with Crippen molar-refractivity contribution in [2.45, 2.75) is 39.3 Å². The highest BCUT2D eigenvalue weighted by Gasteiger charge is 2.45. The van der Waals surface area contributed by atoms with Crippen LogP contribution in [0.3, 0.4) is 0 Å². The minimum Gasteiger partial charge on any atom is -0.508 e. The zero-order valence-corrected chi connectivity index (χ0v) is 17.0. The van der Waals surface area contributed by atoms with Gasteiger partial charge in [0.15, 0.2) is 11.6 Å². The van der Waals surface area contributed by atoms with Crippen LogP contribution in [-0.4, -0.2) is 44.8 Å². The second-order valence-corrected chi connectivity index (χ2v) is 7.48. The predicted molar refractivity (Wildman–Crippen MR) is 110 cm³/mol. The number of rotatable bonds is 7. The molecule has 1 aromatic rings. The number of benzene rings is 1. The number of carbonyl (C=O) groups is 2. The van der Waals surface area contributed by atoms with E-state index in [-0.39, 0.29) is 12.3 Å². The van der Waals surface area contributed by atoms with E-state index in [0.717, 1.165) is 12.0 Å². The van der Waals surface area contributed by atoms with Crippen LogP contribution in [0.15, 0.2) is 60.2 Å². The van der Waals surface area contributed by atoms with Crippen LogP contribution in [0.5, 0.6) is 5.75 Å². The molecule has 0 spiro atoms. The molecule has 6 heteroatoms. The molecule has 0 aromatic heterocycles. The molecule has 1 saturated heterocycles. The zero-order chi connectivity index (χ0) is 21.6. The molecule has 6 nitrogen and oxygen atoms in total. The quantitative estimate of drug-likeness (QED) is 0.369. The summed E-state index contributed by atoms with van der Waals surface area (Å²) in [5.74, 6) is -2.67. The number of carbonyl (C=O) groups excluding carboxylic acids is 2. The van der Waals surface area contributed by atoms with E-state index in [0.29, 0.717) is 16.5 Å². The number of Topliss-reactive ketones (excluding diaryl/α,β-unsaturated/α-hetero) is 1. The van der Waals surface area contributed by atoms with Crippen molar-refractivity contribution in [1.29, 1.82) is 0 Å². The largest absolute Gasteiger partial charge is 0.508 e. The van der Waals surface area contributed by atoms with Gasteiger partial charge in [0.25, 0.3) is 0 Å². The molecule has 156 valence electrons. The summed E-state index contributed by atoms with van der Waals surface area (Å²) >= 11 is 0. The molecule has 0 bridgehead atoms. The molecule has 0 aliphatic carbocycles. The van der Waals surface area contributed by atoms with Crippen LogP contribution >= 0.6 is 0 Å². The predicted octanol–water partition coefficient (Wildman–Crippen LogP) is 3.36. The van der Waals surface area contributed by atoms with Gasteiger partial charge in [-0.1, -0.05) is 62.3 Å². The molecule has 3 N–H and O–H groups in total. The topological polar surface area (TPSA) is 98.1 Å². The SMILES string of the molecule is CC[C@@H](C)/C=C(C)/C=C/C=C/C(=O)[C@@H]1C(=O)[C@@H](c2ccc(O)cc2)CN(O)[C@H]1O. The van der Waals surface area contributed by atoms with Crippen molar-refractivity contribution < 1.29 is 25.0 Å². The van der Waals surface area contributed by atoms with Crippen LogP contribution in [0.25, 0.3) is 0 Å². The second kappa shape index (κ2) is 10.3. The van der Waals surface area contributed by atoms with Crippen molar-refractivity contribution in [3.05, 3.63) is 65.8 Å².